The quantitative estimate of drug-likeness (QED) is 0.861. The van der Waals surface area contributed by atoms with E-state index in [-0.39, 0.29) is 5.25 Å². The van der Waals surface area contributed by atoms with Gasteiger partial charge in [-0.25, -0.2) is 4.98 Å². The van der Waals surface area contributed by atoms with Gasteiger partial charge in [-0.3, -0.25) is 9.36 Å². The summed E-state index contributed by atoms with van der Waals surface area (Å²) in [6.45, 7) is 2.08. The Labute approximate surface area is 123 Å². The fourth-order valence-electron chi connectivity index (χ4n) is 2.55. The maximum atomic E-state index is 12.0. The molecule has 0 bridgehead atoms. The van der Waals surface area contributed by atoms with Gasteiger partial charge in [-0.05, 0) is 37.5 Å². The normalized spacial score (nSPS) is 19.2. The standard InChI is InChI=1S/C16H18N2OS/c1-12-5-4-6-13(11-12)18-10-9-17-16(18)20-15-8-3-2-7-14(15)19/h4-6,9-11,15H,2-3,7-8H2,1H3/t15-/m1/s1. The molecule has 1 aromatic heterocycles. The van der Waals surface area contributed by atoms with Gasteiger partial charge in [-0.1, -0.05) is 30.3 Å². The zero-order valence-electron chi connectivity index (χ0n) is 11.6. The molecule has 1 heterocycles. The summed E-state index contributed by atoms with van der Waals surface area (Å²) >= 11 is 1.61. The Morgan fingerprint density at radius 1 is 1.35 bits per heavy atom. The van der Waals surface area contributed by atoms with E-state index in [0.717, 1.165) is 36.5 Å². The van der Waals surface area contributed by atoms with Gasteiger partial charge in [0.15, 0.2) is 5.16 Å². The van der Waals surface area contributed by atoms with Gasteiger partial charge >= 0.3 is 0 Å². The molecular formula is C16H18N2OS. The first-order chi connectivity index (χ1) is 9.74. The first-order valence-electron chi connectivity index (χ1n) is 7.04. The number of imidazole rings is 1. The lowest BCUT2D eigenvalue weighted by Gasteiger charge is -2.19. The summed E-state index contributed by atoms with van der Waals surface area (Å²) in [4.78, 5) is 16.4. The van der Waals surface area contributed by atoms with Gasteiger partial charge < -0.3 is 0 Å². The number of benzene rings is 1. The van der Waals surface area contributed by atoms with E-state index in [9.17, 15) is 4.79 Å². The summed E-state index contributed by atoms with van der Waals surface area (Å²) in [5.41, 5.74) is 2.33. The molecule has 1 aliphatic rings. The summed E-state index contributed by atoms with van der Waals surface area (Å²) in [5, 5.41) is 0.991. The number of carbonyl (C=O) groups excluding carboxylic acids is 1. The van der Waals surface area contributed by atoms with Crippen molar-refractivity contribution in [2.24, 2.45) is 0 Å². The van der Waals surface area contributed by atoms with E-state index in [4.69, 9.17) is 0 Å². The first-order valence-corrected chi connectivity index (χ1v) is 7.92. The summed E-state index contributed by atoms with van der Waals surface area (Å²) in [6.07, 6.45) is 7.66. The third-order valence-electron chi connectivity index (χ3n) is 3.63. The van der Waals surface area contributed by atoms with Gasteiger partial charge in [-0.2, -0.15) is 0 Å². The molecule has 1 saturated carbocycles. The van der Waals surface area contributed by atoms with Gasteiger partial charge in [0.2, 0.25) is 0 Å². The lowest BCUT2D eigenvalue weighted by Crippen LogP contribution is -2.21. The van der Waals surface area contributed by atoms with Gasteiger partial charge in [0, 0.05) is 24.5 Å². The number of Topliss-reactive ketones (excluding diaryl/α,β-unsaturated/α-hetero) is 1. The average Bonchev–Trinajstić information content (AvgIpc) is 2.90. The van der Waals surface area contributed by atoms with Crippen molar-refractivity contribution >= 4 is 17.5 Å². The van der Waals surface area contributed by atoms with Crippen LogP contribution in [0.5, 0.6) is 0 Å². The van der Waals surface area contributed by atoms with Crippen LogP contribution < -0.4 is 0 Å². The van der Waals surface area contributed by atoms with Gasteiger partial charge in [0.25, 0.3) is 0 Å². The average molecular weight is 286 g/mol. The van der Waals surface area contributed by atoms with E-state index in [0.29, 0.717) is 5.78 Å². The molecule has 2 aromatic rings. The maximum Gasteiger partial charge on any atom is 0.173 e. The summed E-state index contributed by atoms with van der Waals surface area (Å²) < 4.78 is 2.07. The Morgan fingerprint density at radius 3 is 3.05 bits per heavy atom. The van der Waals surface area contributed by atoms with Crippen LogP contribution >= 0.6 is 11.8 Å². The Bertz CT molecular complexity index is 620. The fraction of sp³-hybridized carbons (Fsp3) is 0.375. The van der Waals surface area contributed by atoms with Crippen molar-refractivity contribution in [3.05, 3.63) is 42.2 Å². The molecule has 0 aliphatic heterocycles. The molecule has 0 amide bonds. The molecule has 1 aliphatic carbocycles. The first kappa shape index (κ1) is 13.4. The lowest BCUT2D eigenvalue weighted by molar-refractivity contribution is -0.119. The second kappa shape index (κ2) is 5.83. The van der Waals surface area contributed by atoms with Crippen molar-refractivity contribution < 1.29 is 4.79 Å². The summed E-state index contributed by atoms with van der Waals surface area (Å²) in [5.74, 6) is 0.375. The molecule has 1 fully saturated rings. The van der Waals surface area contributed by atoms with Crippen LogP contribution in [-0.4, -0.2) is 20.6 Å². The molecule has 0 N–H and O–H groups in total. The van der Waals surface area contributed by atoms with Crippen molar-refractivity contribution in [2.45, 2.75) is 43.0 Å². The predicted octanol–water partition coefficient (Wildman–Crippen LogP) is 3.78. The molecule has 0 saturated heterocycles. The van der Waals surface area contributed by atoms with E-state index in [1.807, 2.05) is 12.3 Å². The molecule has 104 valence electrons. The number of hydrogen-bond donors (Lipinski definition) is 0. The largest absolute Gasteiger partial charge is 0.298 e. The van der Waals surface area contributed by atoms with Crippen LogP contribution in [0.25, 0.3) is 5.69 Å². The molecule has 1 aromatic carbocycles. The van der Waals surface area contributed by atoms with E-state index >= 15 is 0 Å². The topological polar surface area (TPSA) is 34.9 Å². The summed E-state index contributed by atoms with van der Waals surface area (Å²) in [7, 11) is 0. The Kier molecular flexibility index (Phi) is 3.92. The van der Waals surface area contributed by atoms with Crippen molar-refractivity contribution in [3.8, 4) is 5.69 Å². The number of nitrogens with zero attached hydrogens (tertiary/aromatic N) is 2. The highest BCUT2D eigenvalue weighted by molar-refractivity contribution is 8.00. The minimum absolute atomic E-state index is 0.0784. The third-order valence-corrected chi connectivity index (χ3v) is 4.93. The van der Waals surface area contributed by atoms with Crippen LogP contribution in [0.15, 0.2) is 41.8 Å². The number of rotatable bonds is 3. The second-order valence-electron chi connectivity index (χ2n) is 5.24. The van der Waals surface area contributed by atoms with Crippen molar-refractivity contribution in [1.29, 1.82) is 0 Å². The molecule has 20 heavy (non-hydrogen) atoms. The maximum absolute atomic E-state index is 12.0. The number of aryl methyl sites for hydroxylation is 1. The molecular weight excluding hydrogens is 268 g/mol. The summed E-state index contributed by atoms with van der Waals surface area (Å²) in [6, 6.07) is 8.33. The SMILES string of the molecule is Cc1cccc(-n2ccnc2S[C@@H]2CCCCC2=O)c1. The minimum Gasteiger partial charge on any atom is -0.298 e. The Morgan fingerprint density at radius 2 is 2.25 bits per heavy atom. The van der Waals surface area contributed by atoms with Crippen molar-refractivity contribution in [2.75, 3.05) is 0 Å². The molecule has 0 radical (unpaired) electrons. The highest BCUT2D eigenvalue weighted by Crippen LogP contribution is 2.31. The number of ketones is 1. The molecule has 0 spiro atoms. The smallest absolute Gasteiger partial charge is 0.173 e. The van der Waals surface area contributed by atoms with Crippen LogP contribution in [0.2, 0.25) is 0 Å². The zero-order chi connectivity index (χ0) is 13.9. The molecule has 3 rings (SSSR count). The van der Waals surface area contributed by atoms with Crippen LogP contribution in [-0.2, 0) is 4.79 Å². The van der Waals surface area contributed by atoms with Crippen LogP contribution in [0.3, 0.4) is 0 Å². The van der Waals surface area contributed by atoms with Crippen molar-refractivity contribution in [3.63, 3.8) is 0 Å². The van der Waals surface area contributed by atoms with Crippen LogP contribution in [0, 0.1) is 6.92 Å². The number of thioether (sulfide) groups is 1. The van der Waals surface area contributed by atoms with Gasteiger partial charge in [0.05, 0.1) is 5.25 Å². The number of carbonyl (C=O) groups is 1. The highest BCUT2D eigenvalue weighted by Gasteiger charge is 2.24. The van der Waals surface area contributed by atoms with Gasteiger partial charge in [0.1, 0.15) is 5.78 Å². The molecule has 3 nitrogen and oxygen atoms in total. The van der Waals surface area contributed by atoms with E-state index in [1.54, 1.807) is 18.0 Å². The van der Waals surface area contributed by atoms with E-state index < -0.39 is 0 Å². The van der Waals surface area contributed by atoms with Crippen LogP contribution in [0.4, 0.5) is 0 Å². The Balaban J connectivity index is 1.85. The lowest BCUT2D eigenvalue weighted by atomic mass is 9.99. The van der Waals surface area contributed by atoms with Crippen molar-refractivity contribution in [1.82, 2.24) is 9.55 Å². The fourth-order valence-corrected chi connectivity index (χ4v) is 3.74. The third kappa shape index (κ3) is 2.80. The van der Waals surface area contributed by atoms with Crippen LogP contribution in [0.1, 0.15) is 31.2 Å². The van der Waals surface area contributed by atoms with E-state index in [2.05, 4.69) is 34.7 Å². The second-order valence-corrected chi connectivity index (χ2v) is 6.41. The highest BCUT2D eigenvalue weighted by atomic mass is 32.2. The molecule has 0 unspecified atom stereocenters. The molecule has 4 heteroatoms. The van der Waals surface area contributed by atoms with Gasteiger partial charge in [-0.15, -0.1) is 0 Å². The number of aromatic nitrogens is 2. The predicted molar refractivity (Wildman–Crippen MR) is 81.4 cm³/mol. The monoisotopic (exact) mass is 286 g/mol. The zero-order valence-corrected chi connectivity index (χ0v) is 12.4. The van der Waals surface area contributed by atoms with E-state index in [1.165, 1.54) is 5.56 Å². The Hall–Kier alpha value is -1.55. The minimum atomic E-state index is 0.0784. The number of hydrogen-bond acceptors (Lipinski definition) is 3. The molecule has 1 atom stereocenters.